The maximum Gasteiger partial charge on any atom is 0.235 e. The van der Waals surface area contributed by atoms with Crippen molar-refractivity contribution in [3.8, 4) is 0 Å². The summed E-state index contributed by atoms with van der Waals surface area (Å²) in [6.45, 7) is 0. The zero-order valence-corrected chi connectivity index (χ0v) is 6.49. The molecule has 10 heavy (non-hydrogen) atoms. The fourth-order valence-electron chi connectivity index (χ4n) is 1.62. The van der Waals surface area contributed by atoms with Gasteiger partial charge in [0.05, 0.1) is 6.04 Å². The van der Waals surface area contributed by atoms with Crippen LogP contribution in [-0.4, -0.2) is 23.6 Å². The summed E-state index contributed by atoms with van der Waals surface area (Å²) in [6, 6.07) is 0.333. The number of hydrogen-bond donors (Lipinski definition) is 0. The van der Waals surface area contributed by atoms with Gasteiger partial charge < -0.3 is 0 Å². The van der Waals surface area contributed by atoms with Crippen molar-refractivity contribution in [3.05, 3.63) is 0 Å². The van der Waals surface area contributed by atoms with Crippen LogP contribution in [0.4, 0.5) is 0 Å². The molecule has 2 atom stereocenters. The van der Waals surface area contributed by atoms with Crippen molar-refractivity contribution in [1.82, 2.24) is 0 Å². The summed E-state index contributed by atoms with van der Waals surface area (Å²) in [5.41, 5.74) is 0.447. The second-order valence-corrected chi connectivity index (χ2v) is 4.21. The molecule has 1 aliphatic heterocycles. The van der Waals surface area contributed by atoms with Gasteiger partial charge in [-0.05, 0) is 18.6 Å². The van der Waals surface area contributed by atoms with Gasteiger partial charge in [-0.15, -0.1) is 0 Å². The molecule has 1 saturated carbocycles. The van der Waals surface area contributed by atoms with E-state index < -0.39 is 0 Å². The van der Waals surface area contributed by atoms with Crippen molar-refractivity contribution >= 4 is 17.8 Å². The average molecular weight is 155 g/mol. The summed E-state index contributed by atoms with van der Waals surface area (Å²) in [4.78, 5) is 13.6. The van der Waals surface area contributed by atoms with Crippen LogP contribution in [0.15, 0.2) is 4.99 Å². The van der Waals surface area contributed by atoms with Crippen molar-refractivity contribution < 1.29 is 4.79 Å². The van der Waals surface area contributed by atoms with Gasteiger partial charge in [0.15, 0.2) is 0 Å². The van der Waals surface area contributed by atoms with Crippen LogP contribution >= 0.6 is 11.8 Å². The van der Waals surface area contributed by atoms with E-state index in [2.05, 4.69) is 4.99 Å². The molecule has 2 rings (SSSR count). The van der Waals surface area contributed by atoms with Crippen LogP contribution < -0.4 is 0 Å². The Labute approximate surface area is 64.1 Å². The lowest BCUT2D eigenvalue weighted by molar-refractivity contribution is 0.545. The first kappa shape index (κ1) is 6.44. The Hall–Kier alpha value is -0.270. The summed E-state index contributed by atoms with van der Waals surface area (Å²) in [5, 5.41) is 0. The molecular weight excluding hydrogens is 146 g/mol. The maximum absolute atomic E-state index is 9.90. The Kier molecular flexibility index (Phi) is 1.36. The number of aliphatic imine (C=N–C) groups is 1. The SMILES string of the molecule is O=C=NC1CC12CCSC2. The number of isocyanates is 1. The smallest absolute Gasteiger partial charge is 0.211 e. The third-order valence-electron chi connectivity index (χ3n) is 2.49. The Morgan fingerprint density at radius 3 is 3.20 bits per heavy atom. The summed E-state index contributed by atoms with van der Waals surface area (Å²) >= 11 is 1.98. The molecule has 1 heterocycles. The number of hydrogen-bond acceptors (Lipinski definition) is 3. The number of carbonyl (C=O) groups excluding carboxylic acids is 1. The molecule has 54 valence electrons. The van der Waals surface area contributed by atoms with Gasteiger partial charge in [0.25, 0.3) is 0 Å². The molecule has 1 aliphatic carbocycles. The maximum atomic E-state index is 9.90. The van der Waals surface area contributed by atoms with Crippen molar-refractivity contribution in [3.63, 3.8) is 0 Å². The van der Waals surface area contributed by atoms with E-state index >= 15 is 0 Å². The van der Waals surface area contributed by atoms with Crippen LogP contribution in [-0.2, 0) is 4.79 Å². The quantitative estimate of drug-likeness (QED) is 0.421. The Morgan fingerprint density at radius 2 is 2.60 bits per heavy atom. The summed E-state index contributed by atoms with van der Waals surface area (Å²) in [6.07, 6.45) is 4.04. The average Bonchev–Trinajstić information content (AvgIpc) is 2.43. The first-order chi connectivity index (χ1) is 4.87. The first-order valence-electron chi connectivity index (χ1n) is 3.52. The summed E-state index contributed by atoms with van der Waals surface area (Å²) in [7, 11) is 0. The van der Waals surface area contributed by atoms with E-state index in [0.717, 1.165) is 6.42 Å². The van der Waals surface area contributed by atoms with E-state index in [9.17, 15) is 4.79 Å². The molecule has 0 N–H and O–H groups in total. The molecule has 0 bridgehead atoms. The van der Waals surface area contributed by atoms with Gasteiger partial charge in [0.2, 0.25) is 6.08 Å². The molecule has 2 fully saturated rings. The molecule has 0 aromatic carbocycles. The molecule has 1 spiro atoms. The van der Waals surface area contributed by atoms with Gasteiger partial charge in [-0.25, -0.2) is 9.79 Å². The molecular formula is C7H9NOS. The lowest BCUT2D eigenvalue weighted by Crippen LogP contribution is -2.02. The molecule has 1 saturated heterocycles. The molecule has 0 amide bonds. The first-order valence-corrected chi connectivity index (χ1v) is 4.68. The Balaban J connectivity index is 2.03. The highest BCUT2D eigenvalue weighted by Crippen LogP contribution is 2.57. The van der Waals surface area contributed by atoms with Crippen LogP contribution in [0.1, 0.15) is 12.8 Å². The largest absolute Gasteiger partial charge is 0.235 e. The van der Waals surface area contributed by atoms with Gasteiger partial charge in [0, 0.05) is 11.2 Å². The van der Waals surface area contributed by atoms with Crippen LogP contribution in [0.25, 0.3) is 0 Å². The van der Waals surface area contributed by atoms with Crippen molar-refractivity contribution in [2.24, 2.45) is 10.4 Å². The third kappa shape index (κ3) is 0.815. The number of thioether (sulfide) groups is 1. The third-order valence-corrected chi connectivity index (χ3v) is 3.76. The minimum atomic E-state index is 0.333. The van der Waals surface area contributed by atoms with Crippen molar-refractivity contribution in [1.29, 1.82) is 0 Å². The molecule has 2 nitrogen and oxygen atoms in total. The topological polar surface area (TPSA) is 29.4 Å². The van der Waals surface area contributed by atoms with Crippen LogP contribution in [0.3, 0.4) is 0 Å². The monoisotopic (exact) mass is 155 g/mol. The van der Waals surface area contributed by atoms with Gasteiger partial charge in [-0.1, -0.05) is 0 Å². The van der Waals surface area contributed by atoms with Gasteiger partial charge in [-0.3, -0.25) is 0 Å². The minimum Gasteiger partial charge on any atom is -0.211 e. The lowest BCUT2D eigenvalue weighted by Gasteiger charge is -1.99. The molecule has 2 aliphatic rings. The predicted octanol–water partition coefficient (Wildman–Crippen LogP) is 1.22. The minimum absolute atomic E-state index is 0.333. The number of nitrogens with zero attached hydrogens (tertiary/aromatic N) is 1. The van der Waals surface area contributed by atoms with E-state index in [4.69, 9.17) is 0 Å². The zero-order chi connectivity index (χ0) is 7.03. The van der Waals surface area contributed by atoms with E-state index in [0.29, 0.717) is 11.5 Å². The highest BCUT2D eigenvalue weighted by Gasteiger charge is 2.56. The summed E-state index contributed by atoms with van der Waals surface area (Å²) < 4.78 is 0. The van der Waals surface area contributed by atoms with Gasteiger partial charge >= 0.3 is 0 Å². The Bertz CT molecular complexity index is 192. The molecule has 2 unspecified atom stereocenters. The van der Waals surface area contributed by atoms with E-state index in [1.54, 1.807) is 6.08 Å². The van der Waals surface area contributed by atoms with E-state index in [-0.39, 0.29) is 0 Å². The van der Waals surface area contributed by atoms with Crippen LogP contribution in [0.2, 0.25) is 0 Å². The number of rotatable bonds is 1. The van der Waals surface area contributed by atoms with Crippen molar-refractivity contribution in [2.45, 2.75) is 18.9 Å². The van der Waals surface area contributed by atoms with Crippen LogP contribution in [0.5, 0.6) is 0 Å². The Morgan fingerprint density at radius 1 is 1.70 bits per heavy atom. The zero-order valence-electron chi connectivity index (χ0n) is 5.67. The normalized spacial score (nSPS) is 43.4. The summed E-state index contributed by atoms with van der Waals surface area (Å²) in [5.74, 6) is 2.47. The van der Waals surface area contributed by atoms with Gasteiger partial charge in [-0.2, -0.15) is 11.8 Å². The molecule has 0 aromatic heterocycles. The van der Waals surface area contributed by atoms with E-state index in [1.165, 1.54) is 17.9 Å². The fraction of sp³-hybridized carbons (Fsp3) is 0.857. The highest BCUT2D eigenvalue weighted by molar-refractivity contribution is 7.99. The van der Waals surface area contributed by atoms with E-state index in [1.807, 2.05) is 11.8 Å². The standard InChI is InChI=1S/C7H9NOS/c9-5-8-6-3-7(6)1-2-10-4-7/h6H,1-4H2. The lowest BCUT2D eigenvalue weighted by atomic mass is 10.1. The second-order valence-electron chi connectivity index (χ2n) is 3.11. The molecule has 0 aromatic rings. The fourth-order valence-corrected chi connectivity index (χ4v) is 3.18. The molecule has 0 radical (unpaired) electrons. The predicted molar refractivity (Wildman–Crippen MR) is 40.9 cm³/mol. The van der Waals surface area contributed by atoms with Gasteiger partial charge in [0.1, 0.15) is 0 Å². The molecule has 3 heteroatoms. The van der Waals surface area contributed by atoms with Crippen molar-refractivity contribution in [2.75, 3.05) is 11.5 Å². The highest BCUT2D eigenvalue weighted by atomic mass is 32.2. The second kappa shape index (κ2) is 2.11. The van der Waals surface area contributed by atoms with Crippen LogP contribution in [0, 0.1) is 5.41 Å².